The third kappa shape index (κ3) is 3.66. The SMILES string of the molecule is CC(C)CN(CC1CCCN1)c1ncccn1. The number of anilines is 1. The molecule has 1 N–H and O–H groups in total. The van der Waals surface area contributed by atoms with Crippen LogP contribution in [0.4, 0.5) is 5.95 Å². The van der Waals surface area contributed by atoms with Crippen molar-refractivity contribution in [2.24, 2.45) is 5.92 Å². The lowest BCUT2D eigenvalue weighted by molar-refractivity contribution is 0.533. The first-order chi connectivity index (χ1) is 8.25. The Hall–Kier alpha value is -1.16. The normalized spacial score (nSPS) is 19.8. The Morgan fingerprint density at radius 2 is 2.18 bits per heavy atom. The van der Waals surface area contributed by atoms with E-state index in [1.165, 1.54) is 12.8 Å². The van der Waals surface area contributed by atoms with Crippen molar-refractivity contribution in [2.75, 3.05) is 24.5 Å². The molecule has 2 heterocycles. The predicted octanol–water partition coefficient (Wildman–Crippen LogP) is 1.69. The van der Waals surface area contributed by atoms with E-state index in [4.69, 9.17) is 0 Å². The lowest BCUT2D eigenvalue weighted by atomic mass is 10.1. The molecule has 1 aliphatic rings. The second-order valence-electron chi connectivity index (χ2n) is 5.14. The molecule has 0 amide bonds. The van der Waals surface area contributed by atoms with Gasteiger partial charge in [0.1, 0.15) is 0 Å². The summed E-state index contributed by atoms with van der Waals surface area (Å²) in [4.78, 5) is 11.0. The summed E-state index contributed by atoms with van der Waals surface area (Å²) in [7, 11) is 0. The molecule has 1 aliphatic heterocycles. The molecule has 4 nitrogen and oxygen atoms in total. The van der Waals surface area contributed by atoms with Gasteiger partial charge in [0.15, 0.2) is 0 Å². The standard InChI is InChI=1S/C13H22N4/c1-11(2)9-17(10-12-5-3-6-14-12)13-15-7-4-8-16-13/h4,7-8,11-12,14H,3,5-6,9-10H2,1-2H3. The minimum absolute atomic E-state index is 0.595. The van der Waals surface area contributed by atoms with Crippen LogP contribution in [0.15, 0.2) is 18.5 Å². The van der Waals surface area contributed by atoms with Crippen molar-refractivity contribution in [2.45, 2.75) is 32.7 Å². The summed E-state index contributed by atoms with van der Waals surface area (Å²) >= 11 is 0. The third-order valence-electron chi connectivity index (χ3n) is 3.02. The average molecular weight is 234 g/mol. The van der Waals surface area contributed by atoms with E-state index < -0.39 is 0 Å². The van der Waals surface area contributed by atoms with E-state index in [1.807, 2.05) is 18.5 Å². The highest BCUT2D eigenvalue weighted by atomic mass is 15.3. The van der Waals surface area contributed by atoms with Crippen LogP contribution in [-0.2, 0) is 0 Å². The number of rotatable bonds is 5. The average Bonchev–Trinajstić information content (AvgIpc) is 2.82. The fourth-order valence-electron chi connectivity index (χ4n) is 2.31. The zero-order chi connectivity index (χ0) is 12.1. The fourth-order valence-corrected chi connectivity index (χ4v) is 2.31. The Bertz CT molecular complexity index is 319. The lowest BCUT2D eigenvalue weighted by Crippen LogP contribution is -2.40. The maximum absolute atomic E-state index is 4.36. The highest BCUT2D eigenvalue weighted by molar-refractivity contribution is 5.29. The first kappa shape index (κ1) is 12.3. The Morgan fingerprint density at radius 1 is 1.41 bits per heavy atom. The number of nitrogens with zero attached hydrogens (tertiary/aromatic N) is 3. The van der Waals surface area contributed by atoms with Crippen molar-refractivity contribution in [3.63, 3.8) is 0 Å². The first-order valence-electron chi connectivity index (χ1n) is 6.51. The number of hydrogen-bond acceptors (Lipinski definition) is 4. The number of hydrogen-bond donors (Lipinski definition) is 1. The Labute approximate surface area is 103 Å². The molecule has 0 spiro atoms. The maximum atomic E-state index is 4.36. The van der Waals surface area contributed by atoms with Crippen LogP contribution in [-0.4, -0.2) is 35.6 Å². The molecule has 17 heavy (non-hydrogen) atoms. The quantitative estimate of drug-likeness (QED) is 0.842. The van der Waals surface area contributed by atoms with Crippen molar-refractivity contribution in [1.29, 1.82) is 0 Å². The van der Waals surface area contributed by atoms with Crippen LogP contribution in [0.25, 0.3) is 0 Å². The van der Waals surface area contributed by atoms with Crippen molar-refractivity contribution >= 4 is 5.95 Å². The second kappa shape index (κ2) is 5.96. The molecule has 2 rings (SSSR count). The zero-order valence-electron chi connectivity index (χ0n) is 10.8. The highest BCUT2D eigenvalue weighted by Gasteiger charge is 2.19. The summed E-state index contributed by atoms with van der Waals surface area (Å²) in [6.07, 6.45) is 6.19. The summed E-state index contributed by atoms with van der Waals surface area (Å²) in [5.74, 6) is 1.48. The Morgan fingerprint density at radius 3 is 2.76 bits per heavy atom. The van der Waals surface area contributed by atoms with E-state index in [0.717, 1.165) is 25.6 Å². The largest absolute Gasteiger partial charge is 0.339 e. The van der Waals surface area contributed by atoms with Crippen LogP contribution < -0.4 is 10.2 Å². The smallest absolute Gasteiger partial charge is 0.225 e. The van der Waals surface area contributed by atoms with Gasteiger partial charge in [-0.3, -0.25) is 0 Å². The topological polar surface area (TPSA) is 41.0 Å². The zero-order valence-corrected chi connectivity index (χ0v) is 10.8. The van der Waals surface area contributed by atoms with E-state index in [1.54, 1.807) is 0 Å². The van der Waals surface area contributed by atoms with Crippen molar-refractivity contribution < 1.29 is 0 Å². The van der Waals surface area contributed by atoms with Crippen LogP contribution in [0.1, 0.15) is 26.7 Å². The molecule has 1 unspecified atom stereocenters. The molecule has 1 saturated heterocycles. The summed E-state index contributed by atoms with van der Waals surface area (Å²) < 4.78 is 0. The van der Waals surface area contributed by atoms with Gasteiger partial charge in [0.2, 0.25) is 5.95 Å². The van der Waals surface area contributed by atoms with Gasteiger partial charge in [-0.05, 0) is 31.4 Å². The predicted molar refractivity (Wildman–Crippen MR) is 70.1 cm³/mol. The van der Waals surface area contributed by atoms with E-state index in [0.29, 0.717) is 12.0 Å². The Balaban J connectivity index is 2.02. The molecule has 0 aliphatic carbocycles. The van der Waals surface area contributed by atoms with Crippen LogP contribution >= 0.6 is 0 Å². The molecule has 94 valence electrons. The number of nitrogens with one attached hydrogen (secondary N) is 1. The van der Waals surface area contributed by atoms with E-state index in [-0.39, 0.29) is 0 Å². The van der Waals surface area contributed by atoms with Gasteiger partial charge in [-0.15, -0.1) is 0 Å². The molecule has 0 aromatic carbocycles. The third-order valence-corrected chi connectivity index (χ3v) is 3.02. The van der Waals surface area contributed by atoms with Gasteiger partial charge in [-0.1, -0.05) is 13.8 Å². The van der Waals surface area contributed by atoms with Gasteiger partial charge in [-0.25, -0.2) is 9.97 Å². The molecule has 1 aromatic heterocycles. The molecule has 0 bridgehead atoms. The van der Waals surface area contributed by atoms with Crippen LogP contribution in [0.2, 0.25) is 0 Å². The first-order valence-corrected chi connectivity index (χ1v) is 6.51. The van der Waals surface area contributed by atoms with Crippen LogP contribution in [0.5, 0.6) is 0 Å². The van der Waals surface area contributed by atoms with E-state index >= 15 is 0 Å². The van der Waals surface area contributed by atoms with Crippen LogP contribution in [0.3, 0.4) is 0 Å². The Kier molecular flexibility index (Phi) is 4.31. The minimum Gasteiger partial charge on any atom is -0.339 e. The maximum Gasteiger partial charge on any atom is 0.225 e. The van der Waals surface area contributed by atoms with Gasteiger partial charge in [-0.2, -0.15) is 0 Å². The highest BCUT2D eigenvalue weighted by Crippen LogP contribution is 2.13. The van der Waals surface area contributed by atoms with Gasteiger partial charge < -0.3 is 10.2 Å². The van der Waals surface area contributed by atoms with Gasteiger partial charge in [0, 0.05) is 31.5 Å². The van der Waals surface area contributed by atoms with Crippen molar-refractivity contribution in [1.82, 2.24) is 15.3 Å². The number of aromatic nitrogens is 2. The van der Waals surface area contributed by atoms with Crippen molar-refractivity contribution in [3.05, 3.63) is 18.5 Å². The molecule has 0 radical (unpaired) electrons. The summed E-state index contributed by atoms with van der Waals surface area (Å²) in [6, 6.07) is 2.46. The molecule has 1 atom stereocenters. The van der Waals surface area contributed by atoms with Crippen molar-refractivity contribution in [3.8, 4) is 0 Å². The molecular formula is C13H22N4. The summed E-state index contributed by atoms with van der Waals surface area (Å²) in [6.45, 7) is 7.65. The minimum atomic E-state index is 0.595. The van der Waals surface area contributed by atoms with E-state index in [9.17, 15) is 0 Å². The molecule has 1 aromatic rings. The molecule has 0 saturated carbocycles. The fraction of sp³-hybridized carbons (Fsp3) is 0.692. The van der Waals surface area contributed by atoms with Gasteiger partial charge in [0.05, 0.1) is 0 Å². The van der Waals surface area contributed by atoms with Gasteiger partial charge >= 0.3 is 0 Å². The second-order valence-corrected chi connectivity index (χ2v) is 5.14. The molecule has 1 fully saturated rings. The van der Waals surface area contributed by atoms with Crippen LogP contribution in [0, 0.1) is 5.92 Å². The molecule has 4 heteroatoms. The summed E-state index contributed by atoms with van der Waals surface area (Å²) in [5.41, 5.74) is 0. The summed E-state index contributed by atoms with van der Waals surface area (Å²) in [5, 5.41) is 3.53. The monoisotopic (exact) mass is 234 g/mol. The molecular weight excluding hydrogens is 212 g/mol. The lowest BCUT2D eigenvalue weighted by Gasteiger charge is -2.27. The van der Waals surface area contributed by atoms with Gasteiger partial charge in [0.25, 0.3) is 0 Å². The van der Waals surface area contributed by atoms with E-state index in [2.05, 4.69) is 34.0 Å².